The number of rotatable bonds is 5. The molecule has 33 heavy (non-hydrogen) atoms. The third-order valence-electron chi connectivity index (χ3n) is 5.76. The lowest BCUT2D eigenvalue weighted by atomic mass is 9.72. The maximum absolute atomic E-state index is 13.3. The smallest absolute Gasteiger partial charge is 0.234 e. The van der Waals surface area contributed by atoms with Crippen molar-refractivity contribution in [3.8, 4) is 11.1 Å². The van der Waals surface area contributed by atoms with E-state index in [9.17, 15) is 13.2 Å². The van der Waals surface area contributed by atoms with Crippen molar-refractivity contribution in [3.63, 3.8) is 0 Å². The highest BCUT2D eigenvalue weighted by Gasteiger charge is 2.42. The van der Waals surface area contributed by atoms with E-state index >= 15 is 0 Å². The number of hydrogen-bond donors (Lipinski definition) is 2. The number of nitrogens with one attached hydrogen (secondary N) is 1. The average Bonchev–Trinajstić information content (AvgIpc) is 2.72. The highest BCUT2D eigenvalue weighted by atomic mass is 32.2. The molecule has 1 atom stereocenters. The summed E-state index contributed by atoms with van der Waals surface area (Å²) >= 11 is 0. The Hall–Kier alpha value is -2.84. The average molecular weight is 469 g/mol. The van der Waals surface area contributed by atoms with Gasteiger partial charge < -0.3 is 5.32 Å². The van der Waals surface area contributed by atoms with Crippen molar-refractivity contribution in [2.75, 3.05) is 0 Å². The molecule has 8 heteroatoms. The summed E-state index contributed by atoms with van der Waals surface area (Å²) in [5.74, 6) is -0.262. The quantitative estimate of drug-likeness (QED) is 0.690. The second-order valence-corrected chi connectivity index (χ2v) is 11.7. The molecule has 3 rings (SSSR count). The van der Waals surface area contributed by atoms with E-state index in [4.69, 9.17) is 5.14 Å². The van der Waals surface area contributed by atoms with Crippen LogP contribution in [-0.2, 0) is 20.2 Å². The second kappa shape index (κ2) is 8.83. The SMILES string of the molecule is CC(C)NC(=O)C1(C)CC(S(N)(=O)=O)=CC=C1c1cncc(-c2ccnc(C(C)(C)C)c2)c1. The number of amides is 1. The van der Waals surface area contributed by atoms with Crippen molar-refractivity contribution in [3.05, 3.63) is 65.1 Å². The van der Waals surface area contributed by atoms with Crippen LogP contribution in [0.5, 0.6) is 0 Å². The van der Waals surface area contributed by atoms with Gasteiger partial charge >= 0.3 is 0 Å². The molecule has 2 heterocycles. The number of nitrogens with zero attached hydrogens (tertiary/aromatic N) is 2. The standard InChI is InChI=1S/C25H32N4O3S/c1-16(2)29-23(30)25(6)13-20(33(26,31)32)7-8-21(25)19-11-18(14-27-15-19)17-9-10-28-22(12-17)24(3,4)5/h7-12,14-16H,13H2,1-6H3,(H,29,30)(H2,26,31,32). The number of primary sulfonamides is 1. The minimum absolute atomic E-state index is 0.0239. The van der Waals surface area contributed by atoms with Crippen molar-refractivity contribution in [1.29, 1.82) is 0 Å². The topological polar surface area (TPSA) is 115 Å². The molecule has 176 valence electrons. The van der Waals surface area contributed by atoms with E-state index in [1.54, 1.807) is 31.6 Å². The van der Waals surface area contributed by atoms with Crippen molar-refractivity contribution >= 4 is 21.5 Å². The summed E-state index contributed by atoms with van der Waals surface area (Å²) in [5.41, 5.74) is 3.01. The first-order valence-corrected chi connectivity index (χ1v) is 12.4. The van der Waals surface area contributed by atoms with Gasteiger partial charge in [-0.3, -0.25) is 14.8 Å². The number of allylic oxidation sites excluding steroid dienone is 3. The number of hydrogen-bond acceptors (Lipinski definition) is 5. The van der Waals surface area contributed by atoms with Crippen molar-refractivity contribution < 1.29 is 13.2 Å². The van der Waals surface area contributed by atoms with Gasteiger partial charge in [-0.25, -0.2) is 13.6 Å². The molecule has 2 aromatic rings. The van der Waals surface area contributed by atoms with E-state index in [2.05, 4.69) is 36.1 Å². The first-order valence-electron chi connectivity index (χ1n) is 10.9. The van der Waals surface area contributed by atoms with E-state index in [0.29, 0.717) is 5.57 Å². The fraction of sp³-hybridized carbons (Fsp3) is 0.400. The van der Waals surface area contributed by atoms with Gasteiger partial charge in [-0.05, 0) is 61.7 Å². The molecule has 1 amide bonds. The third kappa shape index (κ3) is 5.39. The fourth-order valence-electron chi connectivity index (χ4n) is 3.86. The van der Waals surface area contributed by atoms with E-state index in [1.807, 2.05) is 32.0 Å². The highest BCUT2D eigenvalue weighted by molar-refractivity contribution is 7.93. The van der Waals surface area contributed by atoms with Crippen LogP contribution < -0.4 is 10.5 Å². The summed E-state index contributed by atoms with van der Waals surface area (Å²) in [6.07, 6.45) is 8.36. The summed E-state index contributed by atoms with van der Waals surface area (Å²) in [7, 11) is -3.92. The fourth-order valence-corrected chi connectivity index (χ4v) is 4.61. The zero-order valence-corrected chi connectivity index (χ0v) is 20.8. The van der Waals surface area contributed by atoms with E-state index in [-0.39, 0.29) is 28.7 Å². The molecule has 7 nitrogen and oxygen atoms in total. The van der Waals surface area contributed by atoms with Crippen LogP contribution in [0.3, 0.4) is 0 Å². The van der Waals surface area contributed by atoms with Gasteiger partial charge in [-0.2, -0.15) is 0 Å². The van der Waals surface area contributed by atoms with Crippen molar-refractivity contribution in [2.24, 2.45) is 10.6 Å². The predicted octanol–water partition coefficient (Wildman–Crippen LogP) is 3.93. The Bertz CT molecular complexity index is 1240. The molecular weight excluding hydrogens is 436 g/mol. The van der Waals surface area contributed by atoms with Gasteiger partial charge in [-0.15, -0.1) is 0 Å². The molecule has 0 saturated carbocycles. The molecule has 0 radical (unpaired) electrons. The van der Waals surface area contributed by atoms with Crippen molar-refractivity contribution in [1.82, 2.24) is 15.3 Å². The van der Waals surface area contributed by atoms with Gasteiger partial charge in [0, 0.05) is 47.7 Å². The largest absolute Gasteiger partial charge is 0.353 e. The number of nitrogens with two attached hydrogens (primary N) is 1. The van der Waals surface area contributed by atoms with E-state index in [0.717, 1.165) is 22.4 Å². The molecule has 0 aromatic carbocycles. The minimum Gasteiger partial charge on any atom is -0.353 e. The lowest BCUT2D eigenvalue weighted by Gasteiger charge is -2.35. The molecule has 1 aliphatic carbocycles. The Morgan fingerprint density at radius 1 is 1.12 bits per heavy atom. The van der Waals surface area contributed by atoms with Crippen LogP contribution in [0.1, 0.15) is 59.2 Å². The zero-order valence-electron chi connectivity index (χ0n) is 20.0. The second-order valence-electron chi connectivity index (χ2n) is 10.0. The van der Waals surface area contributed by atoms with Gasteiger partial charge in [0.2, 0.25) is 15.9 Å². The maximum Gasteiger partial charge on any atom is 0.234 e. The molecule has 0 bridgehead atoms. The molecule has 0 spiro atoms. The number of carbonyl (C=O) groups is 1. The van der Waals surface area contributed by atoms with Crippen LogP contribution in [0.25, 0.3) is 16.7 Å². The summed E-state index contributed by atoms with van der Waals surface area (Å²) in [5, 5.41) is 8.31. The normalized spacial score (nSPS) is 19.2. The summed E-state index contributed by atoms with van der Waals surface area (Å²) < 4.78 is 24.1. The Morgan fingerprint density at radius 2 is 1.79 bits per heavy atom. The molecule has 3 N–H and O–H groups in total. The zero-order chi connectivity index (χ0) is 24.6. The molecule has 1 unspecified atom stereocenters. The van der Waals surface area contributed by atoms with Gasteiger partial charge in [0.25, 0.3) is 0 Å². The van der Waals surface area contributed by atoms with Crippen molar-refractivity contribution in [2.45, 2.75) is 59.4 Å². The summed E-state index contributed by atoms with van der Waals surface area (Å²) in [6, 6.07) is 5.84. The van der Waals surface area contributed by atoms with Crippen LogP contribution in [-0.4, -0.2) is 30.3 Å². The Kier molecular flexibility index (Phi) is 6.64. The molecular formula is C25H32N4O3S. The number of aromatic nitrogens is 2. The molecule has 1 aliphatic rings. The van der Waals surface area contributed by atoms with Crippen LogP contribution in [0.2, 0.25) is 0 Å². The molecule has 0 fully saturated rings. The van der Waals surface area contributed by atoms with Gasteiger partial charge in [-0.1, -0.05) is 26.8 Å². The number of sulfonamides is 1. The third-order valence-corrected chi connectivity index (χ3v) is 6.77. The van der Waals surface area contributed by atoms with Crippen LogP contribution >= 0.6 is 0 Å². The van der Waals surface area contributed by atoms with E-state index in [1.165, 1.54) is 6.08 Å². The Balaban J connectivity index is 2.12. The first-order chi connectivity index (χ1) is 15.2. The van der Waals surface area contributed by atoms with Crippen LogP contribution in [0.15, 0.2) is 53.8 Å². The molecule has 0 saturated heterocycles. The first kappa shape index (κ1) is 24.8. The van der Waals surface area contributed by atoms with Crippen LogP contribution in [0.4, 0.5) is 0 Å². The van der Waals surface area contributed by atoms with Crippen LogP contribution in [0, 0.1) is 5.41 Å². The Morgan fingerprint density at radius 3 is 2.39 bits per heavy atom. The summed E-state index contributed by atoms with van der Waals surface area (Å²) in [6.45, 7) is 11.8. The predicted molar refractivity (Wildman–Crippen MR) is 131 cm³/mol. The highest BCUT2D eigenvalue weighted by Crippen LogP contribution is 2.45. The lowest BCUT2D eigenvalue weighted by Crippen LogP contribution is -2.44. The minimum atomic E-state index is -3.92. The summed E-state index contributed by atoms with van der Waals surface area (Å²) in [4.78, 5) is 22.2. The van der Waals surface area contributed by atoms with Gasteiger partial charge in [0.15, 0.2) is 0 Å². The molecule has 0 aliphatic heterocycles. The maximum atomic E-state index is 13.3. The van der Waals surface area contributed by atoms with Gasteiger partial charge in [0.05, 0.1) is 10.3 Å². The number of carbonyl (C=O) groups excluding carboxylic acids is 1. The van der Waals surface area contributed by atoms with Gasteiger partial charge in [0.1, 0.15) is 0 Å². The Labute approximate surface area is 196 Å². The van der Waals surface area contributed by atoms with E-state index < -0.39 is 15.4 Å². The molecule has 2 aromatic heterocycles. The number of pyridine rings is 2. The lowest BCUT2D eigenvalue weighted by molar-refractivity contribution is -0.127. The monoisotopic (exact) mass is 468 g/mol.